The van der Waals surface area contributed by atoms with Crippen molar-refractivity contribution in [2.24, 2.45) is 0 Å². The maximum atomic E-state index is 5.40. The molecule has 4 heteroatoms. The third-order valence-electron chi connectivity index (χ3n) is 6.12. The summed E-state index contributed by atoms with van der Waals surface area (Å²) in [6.07, 6.45) is 8.27. The van der Waals surface area contributed by atoms with Gasteiger partial charge in [-0.15, -0.1) is 0 Å². The Labute approximate surface area is 149 Å². The van der Waals surface area contributed by atoms with Crippen molar-refractivity contribution in [1.82, 2.24) is 14.9 Å². The van der Waals surface area contributed by atoms with E-state index in [1.54, 1.807) is 7.11 Å². The van der Waals surface area contributed by atoms with Crippen LogP contribution in [0.15, 0.2) is 24.4 Å². The first kappa shape index (κ1) is 15.3. The molecule has 0 unspecified atom stereocenters. The number of aryl methyl sites for hydroxylation is 1. The van der Waals surface area contributed by atoms with E-state index in [-0.39, 0.29) is 0 Å². The Kier molecular flexibility index (Phi) is 3.56. The van der Waals surface area contributed by atoms with Gasteiger partial charge in [-0.05, 0) is 49.8 Å². The van der Waals surface area contributed by atoms with Gasteiger partial charge in [0.1, 0.15) is 11.6 Å². The Bertz CT molecular complexity index is 815. The molecule has 2 aliphatic heterocycles. The van der Waals surface area contributed by atoms with Crippen molar-refractivity contribution in [3.05, 3.63) is 52.6 Å². The molecule has 1 saturated heterocycles. The zero-order chi connectivity index (χ0) is 17.0. The van der Waals surface area contributed by atoms with Gasteiger partial charge in [0.25, 0.3) is 0 Å². The molecule has 2 bridgehead atoms. The van der Waals surface area contributed by atoms with Crippen LogP contribution in [0.25, 0.3) is 0 Å². The molecule has 2 fully saturated rings. The van der Waals surface area contributed by atoms with E-state index in [9.17, 15) is 0 Å². The number of methoxy groups -OCH3 is 1. The molecular weight excluding hydrogens is 310 g/mol. The molecule has 4 nitrogen and oxygen atoms in total. The largest absolute Gasteiger partial charge is 0.496 e. The highest BCUT2D eigenvalue weighted by Crippen LogP contribution is 2.45. The normalized spacial score (nSPS) is 25.0. The van der Waals surface area contributed by atoms with Crippen molar-refractivity contribution in [3.63, 3.8) is 0 Å². The van der Waals surface area contributed by atoms with E-state index in [0.29, 0.717) is 18.0 Å². The van der Waals surface area contributed by atoms with Crippen molar-refractivity contribution >= 4 is 0 Å². The molecule has 0 spiro atoms. The van der Waals surface area contributed by atoms with E-state index < -0.39 is 0 Å². The van der Waals surface area contributed by atoms with E-state index >= 15 is 0 Å². The maximum absolute atomic E-state index is 5.40. The Morgan fingerprint density at radius 3 is 2.84 bits per heavy atom. The van der Waals surface area contributed by atoms with Crippen LogP contribution in [-0.4, -0.2) is 28.0 Å². The minimum atomic E-state index is 0.490. The van der Waals surface area contributed by atoms with E-state index in [1.807, 2.05) is 0 Å². The van der Waals surface area contributed by atoms with Crippen molar-refractivity contribution in [2.45, 2.75) is 63.6 Å². The molecule has 5 rings (SSSR count). The Morgan fingerprint density at radius 2 is 2.08 bits per heavy atom. The molecule has 0 amide bonds. The summed E-state index contributed by atoms with van der Waals surface area (Å²) in [7, 11) is 1.74. The van der Waals surface area contributed by atoms with Gasteiger partial charge in [0.2, 0.25) is 0 Å². The predicted octanol–water partition coefficient (Wildman–Crippen LogP) is 3.93. The lowest BCUT2D eigenvalue weighted by Crippen LogP contribution is -2.37. The zero-order valence-electron chi connectivity index (χ0n) is 15.0. The lowest BCUT2D eigenvalue weighted by Gasteiger charge is -2.35. The van der Waals surface area contributed by atoms with Gasteiger partial charge in [0.05, 0.1) is 12.8 Å². The Morgan fingerprint density at radius 1 is 1.20 bits per heavy atom. The van der Waals surface area contributed by atoms with Crippen molar-refractivity contribution in [3.8, 4) is 5.75 Å². The number of aromatic nitrogens is 2. The van der Waals surface area contributed by atoms with E-state index in [0.717, 1.165) is 24.5 Å². The Hall–Kier alpha value is -1.94. The topological polar surface area (TPSA) is 38.2 Å². The van der Waals surface area contributed by atoms with Crippen molar-refractivity contribution in [1.29, 1.82) is 0 Å². The van der Waals surface area contributed by atoms with E-state index in [1.165, 1.54) is 48.1 Å². The first-order valence-electron chi connectivity index (χ1n) is 9.48. The number of benzene rings is 1. The van der Waals surface area contributed by atoms with Gasteiger partial charge >= 0.3 is 0 Å². The van der Waals surface area contributed by atoms with E-state index in [4.69, 9.17) is 14.7 Å². The summed E-state index contributed by atoms with van der Waals surface area (Å²) in [4.78, 5) is 12.3. The van der Waals surface area contributed by atoms with Gasteiger partial charge in [-0.3, -0.25) is 4.90 Å². The summed E-state index contributed by atoms with van der Waals surface area (Å²) in [6.45, 7) is 3.12. The third-order valence-corrected chi connectivity index (χ3v) is 6.12. The molecule has 1 aliphatic carbocycles. The summed E-state index contributed by atoms with van der Waals surface area (Å²) >= 11 is 0. The summed E-state index contributed by atoms with van der Waals surface area (Å²) in [5, 5.41) is 0. The van der Waals surface area contributed by atoms with Gasteiger partial charge in [-0.2, -0.15) is 0 Å². The van der Waals surface area contributed by atoms with Crippen LogP contribution in [0.5, 0.6) is 5.75 Å². The van der Waals surface area contributed by atoms with Crippen LogP contribution < -0.4 is 4.74 Å². The number of fused-ring (bicyclic) bond motifs is 4. The smallest absolute Gasteiger partial charge is 0.131 e. The molecule has 0 radical (unpaired) electrons. The molecule has 0 N–H and O–H groups in total. The molecule has 2 aromatic rings. The standard InChI is InChI=1S/C21H25N3O/c1-13-9-14(3-8-20(13)25-2)12-24-16-6-7-19(24)17-11-22-21(15-4-5-15)23-18(17)10-16/h3,8-9,11,15-16,19H,4-7,10,12H2,1-2H3/t16-,19+/m0/s1. The number of hydrogen-bond donors (Lipinski definition) is 0. The average molecular weight is 335 g/mol. The maximum Gasteiger partial charge on any atom is 0.131 e. The lowest BCUT2D eigenvalue weighted by molar-refractivity contribution is 0.166. The molecule has 2 atom stereocenters. The summed E-state index contributed by atoms with van der Waals surface area (Å²) in [6, 6.07) is 7.68. The van der Waals surface area contributed by atoms with Gasteiger partial charge in [-0.25, -0.2) is 9.97 Å². The minimum absolute atomic E-state index is 0.490. The van der Waals surface area contributed by atoms with Crippen LogP contribution in [0.2, 0.25) is 0 Å². The average Bonchev–Trinajstić information content (AvgIpc) is 3.42. The van der Waals surface area contributed by atoms with Gasteiger partial charge in [0.15, 0.2) is 0 Å². The van der Waals surface area contributed by atoms with E-state index in [2.05, 4.69) is 36.2 Å². The fraction of sp³-hybridized carbons (Fsp3) is 0.524. The fourth-order valence-corrected chi connectivity index (χ4v) is 4.62. The summed E-state index contributed by atoms with van der Waals surface area (Å²) in [5.41, 5.74) is 5.28. The van der Waals surface area contributed by atoms with Gasteiger partial charge < -0.3 is 4.74 Å². The van der Waals surface area contributed by atoms with Gasteiger partial charge in [-0.1, -0.05) is 12.1 Å². The molecule has 25 heavy (non-hydrogen) atoms. The van der Waals surface area contributed by atoms with Crippen LogP contribution in [0.4, 0.5) is 0 Å². The Balaban J connectivity index is 1.41. The number of hydrogen-bond acceptors (Lipinski definition) is 4. The SMILES string of the molecule is COc1ccc(CN2[C@H]3CC[C@@H]2c2cnc(C4CC4)nc2C3)cc1C. The lowest BCUT2D eigenvalue weighted by atomic mass is 9.98. The van der Waals surface area contributed by atoms with Crippen molar-refractivity contribution in [2.75, 3.05) is 7.11 Å². The number of ether oxygens (including phenoxy) is 1. The molecule has 130 valence electrons. The van der Waals surface area contributed by atoms with Crippen LogP contribution >= 0.6 is 0 Å². The fourth-order valence-electron chi connectivity index (χ4n) is 4.62. The molecule has 1 saturated carbocycles. The van der Waals surface area contributed by atoms with Gasteiger partial charge in [0, 0.05) is 42.7 Å². The van der Waals surface area contributed by atoms with Crippen LogP contribution in [0, 0.1) is 6.92 Å². The van der Waals surface area contributed by atoms with Crippen LogP contribution in [0.3, 0.4) is 0 Å². The first-order valence-corrected chi connectivity index (χ1v) is 9.48. The second-order valence-electron chi connectivity index (χ2n) is 7.83. The van der Waals surface area contributed by atoms with Crippen molar-refractivity contribution < 1.29 is 4.74 Å². The summed E-state index contributed by atoms with van der Waals surface area (Å²) < 4.78 is 5.40. The quantitative estimate of drug-likeness (QED) is 0.848. The second kappa shape index (κ2) is 5.80. The molecule has 1 aromatic carbocycles. The molecule has 3 heterocycles. The monoisotopic (exact) mass is 335 g/mol. The number of rotatable bonds is 4. The van der Waals surface area contributed by atoms with Crippen LogP contribution in [0.1, 0.15) is 65.9 Å². The molecule has 1 aromatic heterocycles. The molecule has 3 aliphatic rings. The van der Waals surface area contributed by atoms with Crippen LogP contribution in [-0.2, 0) is 13.0 Å². The highest BCUT2D eigenvalue weighted by Gasteiger charge is 2.41. The highest BCUT2D eigenvalue weighted by atomic mass is 16.5. The summed E-state index contributed by atoms with van der Waals surface area (Å²) in [5.74, 6) is 2.71. The first-order chi connectivity index (χ1) is 12.2. The molecular formula is C21H25N3O. The second-order valence-corrected chi connectivity index (χ2v) is 7.83. The minimum Gasteiger partial charge on any atom is -0.496 e. The highest BCUT2D eigenvalue weighted by molar-refractivity contribution is 5.37. The zero-order valence-corrected chi connectivity index (χ0v) is 15.0. The predicted molar refractivity (Wildman–Crippen MR) is 96.7 cm³/mol. The number of nitrogens with zero attached hydrogens (tertiary/aromatic N) is 3. The third kappa shape index (κ3) is 2.63.